The van der Waals surface area contributed by atoms with Crippen LogP contribution in [0.15, 0.2) is 24.3 Å². The first kappa shape index (κ1) is 15.5. The van der Waals surface area contributed by atoms with Crippen LogP contribution in [0.4, 0.5) is 0 Å². The Morgan fingerprint density at radius 1 is 1.20 bits per heavy atom. The number of likely N-dealkylation sites (N-methyl/N-ethyl adjacent to an activating group) is 1. The third-order valence-electron chi connectivity index (χ3n) is 4.19. The van der Waals surface area contributed by atoms with E-state index in [1.807, 2.05) is 0 Å². The van der Waals surface area contributed by atoms with Gasteiger partial charge in [-0.1, -0.05) is 38.1 Å². The van der Waals surface area contributed by atoms with Crippen molar-refractivity contribution in [3.05, 3.63) is 35.4 Å². The van der Waals surface area contributed by atoms with Crippen molar-refractivity contribution in [1.29, 1.82) is 0 Å². The predicted octanol–water partition coefficient (Wildman–Crippen LogP) is 3.63. The van der Waals surface area contributed by atoms with E-state index in [-0.39, 0.29) is 0 Å². The van der Waals surface area contributed by atoms with Crippen LogP contribution < -0.4 is 5.32 Å². The molecule has 1 aliphatic rings. The average molecular weight is 274 g/mol. The zero-order chi connectivity index (χ0) is 14.4. The summed E-state index contributed by atoms with van der Waals surface area (Å²) in [6.45, 7) is 7.92. The molecule has 1 aromatic rings. The predicted molar refractivity (Wildman–Crippen MR) is 87.1 cm³/mol. The molecule has 20 heavy (non-hydrogen) atoms. The van der Waals surface area contributed by atoms with Crippen molar-refractivity contribution in [3.63, 3.8) is 0 Å². The molecule has 1 atom stereocenters. The molecule has 112 valence electrons. The Balaban J connectivity index is 1.96. The molecule has 1 unspecified atom stereocenters. The van der Waals surface area contributed by atoms with Gasteiger partial charge in [0.05, 0.1) is 0 Å². The molecule has 0 aromatic heterocycles. The summed E-state index contributed by atoms with van der Waals surface area (Å²) in [6, 6.07) is 9.62. The van der Waals surface area contributed by atoms with E-state index in [1.54, 1.807) is 0 Å². The molecule has 1 N–H and O–H groups in total. The fourth-order valence-electron chi connectivity index (χ4n) is 2.72. The van der Waals surface area contributed by atoms with Gasteiger partial charge in [-0.15, -0.1) is 0 Å². The number of hydrogen-bond acceptors (Lipinski definition) is 2. The first-order chi connectivity index (χ1) is 9.72. The Bertz CT molecular complexity index is 381. The van der Waals surface area contributed by atoms with E-state index < -0.39 is 0 Å². The maximum atomic E-state index is 3.71. The van der Waals surface area contributed by atoms with Gasteiger partial charge in [0.15, 0.2) is 0 Å². The van der Waals surface area contributed by atoms with Crippen LogP contribution in [0.5, 0.6) is 0 Å². The summed E-state index contributed by atoms with van der Waals surface area (Å²) in [5.41, 5.74) is 2.85. The highest BCUT2D eigenvalue weighted by molar-refractivity contribution is 5.25. The summed E-state index contributed by atoms with van der Waals surface area (Å²) in [5, 5.41) is 3.71. The average Bonchev–Trinajstić information content (AvgIpc) is 3.27. The third-order valence-corrected chi connectivity index (χ3v) is 4.19. The van der Waals surface area contributed by atoms with Gasteiger partial charge >= 0.3 is 0 Å². The van der Waals surface area contributed by atoms with E-state index in [0.717, 1.165) is 25.4 Å². The van der Waals surface area contributed by atoms with E-state index in [0.29, 0.717) is 6.04 Å². The fraction of sp³-hybridized carbons (Fsp3) is 0.667. The minimum absolute atomic E-state index is 0.463. The highest BCUT2D eigenvalue weighted by atomic mass is 15.1. The molecule has 1 saturated carbocycles. The Labute approximate surface area is 124 Å². The van der Waals surface area contributed by atoms with Gasteiger partial charge in [-0.3, -0.25) is 0 Å². The summed E-state index contributed by atoms with van der Waals surface area (Å²) in [4.78, 5) is 2.50. The quantitative estimate of drug-likeness (QED) is 0.740. The molecule has 1 aromatic carbocycles. The minimum atomic E-state index is 0.463. The number of nitrogens with one attached hydrogen (secondary N) is 1. The lowest BCUT2D eigenvalue weighted by atomic mass is 10.0. The summed E-state index contributed by atoms with van der Waals surface area (Å²) in [6.07, 6.45) is 5.18. The molecule has 0 bridgehead atoms. The molecule has 0 amide bonds. The smallest absolute Gasteiger partial charge is 0.0449 e. The van der Waals surface area contributed by atoms with Gasteiger partial charge in [-0.25, -0.2) is 0 Å². The lowest BCUT2D eigenvalue weighted by Crippen LogP contribution is -2.34. The molecular weight excluding hydrogens is 244 g/mol. The highest BCUT2D eigenvalue weighted by Crippen LogP contribution is 2.29. The Hall–Kier alpha value is -0.860. The summed E-state index contributed by atoms with van der Waals surface area (Å²) < 4.78 is 0. The highest BCUT2D eigenvalue weighted by Gasteiger charge is 2.24. The third kappa shape index (κ3) is 4.92. The second kappa shape index (κ2) is 7.80. The Morgan fingerprint density at radius 3 is 2.45 bits per heavy atom. The van der Waals surface area contributed by atoms with Crippen LogP contribution in [0.25, 0.3) is 0 Å². The maximum absolute atomic E-state index is 3.71. The van der Waals surface area contributed by atoms with Crippen LogP contribution in [-0.4, -0.2) is 31.6 Å². The molecule has 0 radical (unpaired) electrons. The van der Waals surface area contributed by atoms with Gasteiger partial charge in [0.2, 0.25) is 0 Å². The van der Waals surface area contributed by atoms with E-state index in [4.69, 9.17) is 0 Å². The maximum Gasteiger partial charge on any atom is 0.0449 e. The standard InChI is InChI=1S/C18H30N2/c1-4-12-19-18(14-20(3)13-16-6-7-16)17-10-8-15(5-2)9-11-17/h8-11,16,18-19H,4-7,12-14H2,1-3H3. The van der Waals surface area contributed by atoms with Crippen LogP contribution in [0.2, 0.25) is 0 Å². The molecule has 0 heterocycles. The van der Waals surface area contributed by atoms with Crippen LogP contribution in [0.3, 0.4) is 0 Å². The zero-order valence-corrected chi connectivity index (χ0v) is 13.4. The SMILES string of the molecule is CCCNC(CN(C)CC1CC1)c1ccc(CC)cc1. The Kier molecular flexibility index (Phi) is 6.06. The number of benzene rings is 1. The zero-order valence-electron chi connectivity index (χ0n) is 13.4. The van der Waals surface area contributed by atoms with E-state index >= 15 is 0 Å². The second-order valence-corrected chi connectivity index (χ2v) is 6.27. The topological polar surface area (TPSA) is 15.3 Å². The second-order valence-electron chi connectivity index (χ2n) is 6.27. The van der Waals surface area contributed by atoms with Gasteiger partial charge in [0, 0.05) is 19.1 Å². The van der Waals surface area contributed by atoms with Gasteiger partial charge in [-0.2, -0.15) is 0 Å². The van der Waals surface area contributed by atoms with Crippen molar-refractivity contribution in [2.45, 2.75) is 45.6 Å². The van der Waals surface area contributed by atoms with Crippen molar-refractivity contribution in [2.24, 2.45) is 5.92 Å². The molecule has 1 aliphatic carbocycles. The number of hydrogen-bond donors (Lipinski definition) is 1. The van der Waals surface area contributed by atoms with Crippen molar-refractivity contribution < 1.29 is 0 Å². The van der Waals surface area contributed by atoms with E-state index in [1.165, 1.54) is 36.9 Å². The largest absolute Gasteiger partial charge is 0.309 e. The number of aryl methyl sites for hydroxylation is 1. The Morgan fingerprint density at radius 2 is 1.90 bits per heavy atom. The molecule has 2 heteroatoms. The van der Waals surface area contributed by atoms with Crippen molar-refractivity contribution in [1.82, 2.24) is 10.2 Å². The van der Waals surface area contributed by atoms with Gasteiger partial charge in [-0.05, 0) is 56.3 Å². The van der Waals surface area contributed by atoms with Crippen LogP contribution >= 0.6 is 0 Å². The first-order valence-electron chi connectivity index (χ1n) is 8.23. The van der Waals surface area contributed by atoms with Crippen LogP contribution in [0, 0.1) is 5.92 Å². The first-order valence-corrected chi connectivity index (χ1v) is 8.23. The van der Waals surface area contributed by atoms with Gasteiger partial charge < -0.3 is 10.2 Å². The van der Waals surface area contributed by atoms with Crippen LogP contribution in [0.1, 0.15) is 50.3 Å². The lowest BCUT2D eigenvalue weighted by molar-refractivity contribution is 0.280. The summed E-state index contributed by atoms with van der Waals surface area (Å²) in [7, 11) is 2.26. The number of rotatable bonds is 9. The van der Waals surface area contributed by atoms with Crippen molar-refractivity contribution >= 4 is 0 Å². The molecule has 2 nitrogen and oxygen atoms in total. The summed E-state index contributed by atoms with van der Waals surface area (Å²) >= 11 is 0. The van der Waals surface area contributed by atoms with Gasteiger partial charge in [0.1, 0.15) is 0 Å². The molecule has 1 fully saturated rings. The van der Waals surface area contributed by atoms with E-state index in [9.17, 15) is 0 Å². The van der Waals surface area contributed by atoms with Gasteiger partial charge in [0.25, 0.3) is 0 Å². The van der Waals surface area contributed by atoms with Crippen molar-refractivity contribution in [2.75, 3.05) is 26.7 Å². The lowest BCUT2D eigenvalue weighted by Gasteiger charge is -2.25. The summed E-state index contributed by atoms with van der Waals surface area (Å²) in [5.74, 6) is 0.967. The normalized spacial score (nSPS) is 16.6. The monoisotopic (exact) mass is 274 g/mol. The molecule has 2 rings (SSSR count). The van der Waals surface area contributed by atoms with Crippen LogP contribution in [-0.2, 0) is 6.42 Å². The van der Waals surface area contributed by atoms with Crippen molar-refractivity contribution in [3.8, 4) is 0 Å². The fourth-order valence-corrected chi connectivity index (χ4v) is 2.72. The van der Waals surface area contributed by atoms with E-state index in [2.05, 4.69) is 55.4 Å². The minimum Gasteiger partial charge on any atom is -0.309 e. The molecule has 0 saturated heterocycles. The number of nitrogens with zero attached hydrogens (tertiary/aromatic N) is 1. The molecule has 0 aliphatic heterocycles. The molecule has 0 spiro atoms. The molecular formula is C18H30N2.